The summed E-state index contributed by atoms with van der Waals surface area (Å²) in [6.45, 7) is 0.783. The van der Waals surface area contributed by atoms with Gasteiger partial charge in [-0.05, 0) is 24.1 Å². The molecule has 0 aliphatic rings. The lowest BCUT2D eigenvalue weighted by Gasteiger charge is -2.03. The van der Waals surface area contributed by atoms with Crippen molar-refractivity contribution in [1.82, 2.24) is 9.97 Å². The third kappa shape index (κ3) is 2.25. The number of H-pyrrole nitrogens is 2. The SMILES string of the molecule is O=Cc1c(NCCc2cc[nH]c2)[nH]c2ccccc12. The summed E-state index contributed by atoms with van der Waals surface area (Å²) in [5, 5.41) is 4.25. The lowest BCUT2D eigenvalue weighted by Crippen LogP contribution is -2.06. The molecule has 0 aliphatic heterocycles. The average molecular weight is 253 g/mol. The van der Waals surface area contributed by atoms with E-state index in [2.05, 4.69) is 15.3 Å². The normalized spacial score (nSPS) is 10.7. The summed E-state index contributed by atoms with van der Waals surface area (Å²) >= 11 is 0. The predicted molar refractivity (Wildman–Crippen MR) is 76.7 cm³/mol. The van der Waals surface area contributed by atoms with Crippen LogP contribution < -0.4 is 5.32 Å². The highest BCUT2D eigenvalue weighted by molar-refractivity contribution is 6.03. The Morgan fingerprint density at radius 2 is 2.11 bits per heavy atom. The Labute approximate surface area is 110 Å². The van der Waals surface area contributed by atoms with Crippen molar-refractivity contribution in [3.8, 4) is 0 Å². The summed E-state index contributed by atoms with van der Waals surface area (Å²) in [4.78, 5) is 17.5. The van der Waals surface area contributed by atoms with E-state index in [1.807, 2.05) is 42.7 Å². The fourth-order valence-electron chi connectivity index (χ4n) is 2.27. The Bertz CT molecular complexity index is 683. The maximum atomic E-state index is 11.2. The second kappa shape index (κ2) is 5.02. The minimum atomic E-state index is 0.699. The fourth-order valence-corrected chi connectivity index (χ4v) is 2.27. The smallest absolute Gasteiger partial charge is 0.154 e. The van der Waals surface area contributed by atoms with E-state index in [0.717, 1.165) is 36.0 Å². The molecule has 0 radical (unpaired) electrons. The number of aromatic amines is 2. The molecule has 0 atom stereocenters. The third-order valence-corrected chi connectivity index (χ3v) is 3.24. The molecule has 0 saturated heterocycles. The Morgan fingerprint density at radius 3 is 2.89 bits per heavy atom. The highest BCUT2D eigenvalue weighted by atomic mass is 16.1. The Kier molecular flexibility index (Phi) is 3.06. The van der Waals surface area contributed by atoms with E-state index in [-0.39, 0.29) is 0 Å². The Balaban J connectivity index is 1.78. The van der Waals surface area contributed by atoms with Gasteiger partial charge in [0.2, 0.25) is 0 Å². The fraction of sp³-hybridized carbons (Fsp3) is 0.133. The molecule has 0 saturated carbocycles. The third-order valence-electron chi connectivity index (χ3n) is 3.24. The topological polar surface area (TPSA) is 60.7 Å². The molecule has 0 bridgehead atoms. The number of hydrogen-bond acceptors (Lipinski definition) is 2. The molecular formula is C15H15N3O. The number of nitrogens with one attached hydrogen (secondary N) is 3. The number of anilines is 1. The quantitative estimate of drug-likeness (QED) is 0.612. The summed E-state index contributed by atoms with van der Waals surface area (Å²) in [6.07, 6.45) is 5.71. The molecule has 4 heteroatoms. The van der Waals surface area contributed by atoms with Gasteiger partial charge in [-0.2, -0.15) is 0 Å². The number of aromatic nitrogens is 2. The minimum absolute atomic E-state index is 0.699. The predicted octanol–water partition coefficient (Wildman–Crippen LogP) is 2.96. The zero-order valence-electron chi connectivity index (χ0n) is 10.4. The maximum absolute atomic E-state index is 11.2. The van der Waals surface area contributed by atoms with Gasteiger partial charge in [-0.25, -0.2) is 0 Å². The molecule has 2 heterocycles. The molecule has 0 aliphatic carbocycles. The molecule has 0 unspecified atom stereocenters. The molecule has 3 aromatic rings. The Hall–Kier alpha value is -2.49. The molecule has 0 spiro atoms. The average Bonchev–Trinajstić information content (AvgIpc) is 3.05. The first-order valence-corrected chi connectivity index (χ1v) is 6.30. The standard InChI is InChI=1S/C15H15N3O/c19-10-13-12-3-1-2-4-14(12)18-15(13)17-8-6-11-5-7-16-9-11/h1-5,7,9-10,16-18H,6,8H2. The van der Waals surface area contributed by atoms with E-state index >= 15 is 0 Å². The van der Waals surface area contributed by atoms with Crippen LogP contribution in [0.2, 0.25) is 0 Å². The number of para-hydroxylation sites is 1. The van der Waals surface area contributed by atoms with Crippen molar-refractivity contribution < 1.29 is 4.79 Å². The van der Waals surface area contributed by atoms with Crippen LogP contribution in [-0.4, -0.2) is 22.8 Å². The monoisotopic (exact) mass is 253 g/mol. The maximum Gasteiger partial charge on any atom is 0.154 e. The number of hydrogen-bond donors (Lipinski definition) is 3. The lowest BCUT2D eigenvalue weighted by atomic mass is 10.2. The summed E-state index contributed by atoms with van der Waals surface area (Å²) < 4.78 is 0. The van der Waals surface area contributed by atoms with Crippen molar-refractivity contribution in [1.29, 1.82) is 0 Å². The highest BCUT2D eigenvalue weighted by Crippen LogP contribution is 2.24. The van der Waals surface area contributed by atoms with E-state index in [9.17, 15) is 4.79 Å². The number of carbonyl (C=O) groups excluding carboxylic acids is 1. The van der Waals surface area contributed by atoms with Gasteiger partial charge in [-0.3, -0.25) is 4.79 Å². The molecular weight excluding hydrogens is 238 g/mol. The van der Waals surface area contributed by atoms with Crippen LogP contribution in [0.5, 0.6) is 0 Å². The van der Waals surface area contributed by atoms with Crippen molar-refractivity contribution in [2.45, 2.75) is 6.42 Å². The van der Waals surface area contributed by atoms with Gasteiger partial charge < -0.3 is 15.3 Å². The van der Waals surface area contributed by atoms with Crippen LogP contribution in [0.15, 0.2) is 42.7 Å². The minimum Gasteiger partial charge on any atom is -0.371 e. The number of aldehydes is 1. The molecule has 4 nitrogen and oxygen atoms in total. The van der Waals surface area contributed by atoms with Gasteiger partial charge in [0.1, 0.15) is 5.82 Å². The number of benzene rings is 1. The first-order chi connectivity index (χ1) is 9.38. The van der Waals surface area contributed by atoms with Gasteiger partial charge in [0.05, 0.1) is 5.56 Å². The second-order valence-corrected chi connectivity index (χ2v) is 4.47. The molecule has 96 valence electrons. The molecule has 1 aromatic carbocycles. The summed E-state index contributed by atoms with van der Waals surface area (Å²) in [5.41, 5.74) is 2.93. The number of rotatable bonds is 5. The van der Waals surface area contributed by atoms with Gasteiger partial charge >= 0.3 is 0 Å². The molecule has 3 rings (SSSR count). The first kappa shape index (κ1) is 11.6. The summed E-state index contributed by atoms with van der Waals surface area (Å²) in [5.74, 6) is 0.798. The molecule has 2 aromatic heterocycles. The van der Waals surface area contributed by atoms with Crippen LogP contribution in [-0.2, 0) is 6.42 Å². The first-order valence-electron chi connectivity index (χ1n) is 6.30. The van der Waals surface area contributed by atoms with Crippen LogP contribution >= 0.6 is 0 Å². The van der Waals surface area contributed by atoms with Crippen LogP contribution in [0.25, 0.3) is 10.9 Å². The van der Waals surface area contributed by atoms with Crippen molar-refractivity contribution in [3.05, 3.63) is 53.9 Å². The largest absolute Gasteiger partial charge is 0.371 e. The van der Waals surface area contributed by atoms with Crippen LogP contribution in [0.4, 0.5) is 5.82 Å². The van der Waals surface area contributed by atoms with E-state index in [1.165, 1.54) is 5.56 Å². The zero-order chi connectivity index (χ0) is 13.1. The van der Waals surface area contributed by atoms with Crippen LogP contribution in [0.1, 0.15) is 15.9 Å². The van der Waals surface area contributed by atoms with Gasteiger partial charge in [-0.1, -0.05) is 18.2 Å². The van der Waals surface area contributed by atoms with E-state index in [1.54, 1.807) is 0 Å². The zero-order valence-corrected chi connectivity index (χ0v) is 10.4. The lowest BCUT2D eigenvalue weighted by molar-refractivity contribution is 0.112. The van der Waals surface area contributed by atoms with Crippen molar-refractivity contribution in [3.63, 3.8) is 0 Å². The van der Waals surface area contributed by atoms with Crippen molar-refractivity contribution in [2.24, 2.45) is 0 Å². The van der Waals surface area contributed by atoms with Gasteiger partial charge in [0.25, 0.3) is 0 Å². The van der Waals surface area contributed by atoms with Gasteiger partial charge in [-0.15, -0.1) is 0 Å². The van der Waals surface area contributed by atoms with Crippen LogP contribution in [0.3, 0.4) is 0 Å². The van der Waals surface area contributed by atoms with Gasteiger partial charge in [0.15, 0.2) is 6.29 Å². The number of carbonyl (C=O) groups is 1. The van der Waals surface area contributed by atoms with Crippen molar-refractivity contribution in [2.75, 3.05) is 11.9 Å². The molecule has 0 fully saturated rings. The number of fused-ring (bicyclic) bond motifs is 1. The van der Waals surface area contributed by atoms with Crippen LogP contribution in [0, 0.1) is 0 Å². The molecule has 3 N–H and O–H groups in total. The van der Waals surface area contributed by atoms with E-state index in [4.69, 9.17) is 0 Å². The van der Waals surface area contributed by atoms with Gasteiger partial charge in [0, 0.05) is 29.8 Å². The Morgan fingerprint density at radius 1 is 1.21 bits per heavy atom. The highest BCUT2D eigenvalue weighted by Gasteiger charge is 2.09. The van der Waals surface area contributed by atoms with E-state index < -0.39 is 0 Å². The van der Waals surface area contributed by atoms with E-state index in [0.29, 0.717) is 5.56 Å². The second-order valence-electron chi connectivity index (χ2n) is 4.47. The summed E-state index contributed by atoms with van der Waals surface area (Å²) in [7, 11) is 0. The molecule has 19 heavy (non-hydrogen) atoms. The van der Waals surface area contributed by atoms with Crippen molar-refractivity contribution >= 4 is 23.0 Å². The summed E-state index contributed by atoms with van der Waals surface area (Å²) in [6, 6.07) is 9.86. The molecule has 0 amide bonds.